The lowest BCUT2D eigenvalue weighted by Gasteiger charge is -2.17. The molecule has 8 nitrogen and oxygen atoms in total. The van der Waals surface area contributed by atoms with Crippen LogP contribution in [0.4, 0.5) is 0 Å². The van der Waals surface area contributed by atoms with Crippen LogP contribution in [0.25, 0.3) is 190 Å². The fourth-order valence-corrected chi connectivity index (χ4v) is 18.6. The molecule has 0 aliphatic heterocycles. The summed E-state index contributed by atoms with van der Waals surface area (Å²) in [5.41, 5.74) is 40.2. The van der Waals surface area contributed by atoms with E-state index < -0.39 is 0 Å². The summed E-state index contributed by atoms with van der Waals surface area (Å²) >= 11 is 0. The predicted octanol–water partition coefficient (Wildman–Crippen LogP) is 28.0. The SMILES string of the molecule is Cc1cc(C)c(-c2ccc3c(c2)c2cc(-c4c(C)cc(C)cc4C)ccc2n3-c2cc(-c3cccc(-c4ccc(-n5c6ccc(-c7c(C)cc(C)cc7C)cc6c6cc(-c7c(C)cc(C)cc7C)ccc65)c(-c5nc(-c6ccccc6)nc(-c6ccccc6)n5)c4)c3)cc(-c3nc(-c4ccccc4)nc(-c4ccccc4)n3)c2)c(C)c1. The third-order valence-electron chi connectivity index (χ3n) is 23.2. The highest BCUT2D eigenvalue weighted by molar-refractivity contribution is 6.14. The van der Waals surface area contributed by atoms with Crippen LogP contribution in [-0.2, 0) is 0 Å². The molecule has 0 aliphatic rings. The molecule has 0 saturated heterocycles. The molecule has 558 valence electrons. The molecule has 19 aromatic rings. The minimum absolute atomic E-state index is 0.545. The molecule has 0 N–H and O–H groups in total. The fraction of sp³-hybridized carbons (Fsp3) is 0.111. The minimum Gasteiger partial charge on any atom is -0.309 e. The molecule has 116 heavy (non-hydrogen) atoms. The smallest absolute Gasteiger partial charge is 0.166 e. The Morgan fingerprint density at radius 2 is 0.440 bits per heavy atom. The maximum absolute atomic E-state index is 5.56. The van der Waals surface area contributed by atoms with E-state index in [4.69, 9.17) is 29.9 Å². The average Bonchev–Trinajstić information content (AvgIpc) is 1.56. The Balaban J connectivity index is 0.852. The van der Waals surface area contributed by atoms with Crippen LogP contribution in [0, 0.1) is 83.1 Å². The molecule has 0 saturated carbocycles. The van der Waals surface area contributed by atoms with Gasteiger partial charge in [0.1, 0.15) is 0 Å². The topological polar surface area (TPSA) is 87.2 Å². The van der Waals surface area contributed by atoms with Gasteiger partial charge < -0.3 is 9.13 Å². The van der Waals surface area contributed by atoms with E-state index in [1.807, 2.05) is 72.8 Å². The van der Waals surface area contributed by atoms with E-state index in [-0.39, 0.29) is 0 Å². The molecular weight excluding hydrogens is 1410 g/mol. The van der Waals surface area contributed by atoms with Crippen LogP contribution in [0.5, 0.6) is 0 Å². The molecule has 8 heteroatoms. The van der Waals surface area contributed by atoms with E-state index in [0.29, 0.717) is 34.9 Å². The number of aromatic nitrogens is 8. The van der Waals surface area contributed by atoms with Gasteiger partial charge in [-0.1, -0.05) is 241 Å². The molecule has 0 fully saturated rings. The van der Waals surface area contributed by atoms with E-state index in [1.54, 1.807) is 0 Å². The Bertz CT molecular complexity index is 6750. The molecule has 0 radical (unpaired) electrons. The van der Waals surface area contributed by atoms with Gasteiger partial charge in [0.05, 0.1) is 27.8 Å². The van der Waals surface area contributed by atoms with Crippen LogP contribution in [0.3, 0.4) is 0 Å². The zero-order valence-electron chi connectivity index (χ0n) is 67.4. The lowest BCUT2D eigenvalue weighted by molar-refractivity contribution is 1.06. The highest BCUT2D eigenvalue weighted by Crippen LogP contribution is 2.46. The number of hydrogen-bond donors (Lipinski definition) is 0. The number of benzene rings is 15. The lowest BCUT2D eigenvalue weighted by atomic mass is 9.91. The maximum atomic E-state index is 5.56. The van der Waals surface area contributed by atoms with Crippen molar-refractivity contribution in [1.82, 2.24) is 39.0 Å². The van der Waals surface area contributed by atoms with Gasteiger partial charge in [0.15, 0.2) is 34.9 Å². The Morgan fingerprint density at radius 1 is 0.181 bits per heavy atom. The molecule has 4 heterocycles. The molecule has 19 rings (SSSR count). The zero-order valence-corrected chi connectivity index (χ0v) is 67.4. The fourth-order valence-electron chi connectivity index (χ4n) is 18.6. The van der Waals surface area contributed by atoms with Gasteiger partial charge in [0.2, 0.25) is 0 Å². The third-order valence-corrected chi connectivity index (χ3v) is 23.2. The standard InChI is InChI=1S/C108H86N8/c1-63-46-67(5)99(68(6)47-63)82-37-42-94-89(59-82)90-60-83(100-69(7)48-64(2)49-70(100)8)38-43-95(90)115(94)88-56-86(55-87(57-88)107-111-103(75-26-17-13-18-27-75)109-104(112-107)76-28-19-14-20-29-76)80-35-25-34-79(54-80)81-36-41-98(93(58-81)108-113-105(77-30-21-15-22-31-77)110-106(114-108)78-32-23-16-24-33-78)116-96-44-39-84(101-71(9)50-65(3)51-72(101)10)61-91(96)92-62-85(40-45-97(92)116)102-73(11)52-66(4)53-74(102)12/h13-62H,1-12H3. The highest BCUT2D eigenvalue weighted by Gasteiger charge is 2.26. The summed E-state index contributed by atoms with van der Waals surface area (Å²) in [6.07, 6.45) is 0. The van der Waals surface area contributed by atoms with Crippen molar-refractivity contribution in [3.05, 3.63) is 370 Å². The monoisotopic (exact) mass is 1490 g/mol. The Hall–Kier alpha value is -14.1. The zero-order chi connectivity index (χ0) is 79.3. The van der Waals surface area contributed by atoms with Gasteiger partial charge in [-0.3, -0.25) is 0 Å². The van der Waals surface area contributed by atoms with Crippen molar-refractivity contribution in [2.24, 2.45) is 0 Å². The summed E-state index contributed by atoms with van der Waals surface area (Å²) in [6, 6.07) is 110. The first kappa shape index (κ1) is 72.2. The van der Waals surface area contributed by atoms with Crippen molar-refractivity contribution in [3.8, 4) is 146 Å². The van der Waals surface area contributed by atoms with Crippen molar-refractivity contribution in [2.45, 2.75) is 83.1 Å². The average molecular weight is 1500 g/mol. The normalized spacial score (nSPS) is 11.6. The third kappa shape index (κ3) is 13.1. The highest BCUT2D eigenvalue weighted by atomic mass is 15.1. The van der Waals surface area contributed by atoms with Crippen LogP contribution >= 0.6 is 0 Å². The van der Waals surface area contributed by atoms with Crippen molar-refractivity contribution in [3.63, 3.8) is 0 Å². The predicted molar refractivity (Wildman–Crippen MR) is 484 cm³/mol. The molecular formula is C108H86N8. The van der Waals surface area contributed by atoms with E-state index >= 15 is 0 Å². The minimum atomic E-state index is 0.545. The van der Waals surface area contributed by atoms with E-state index in [9.17, 15) is 0 Å². The Morgan fingerprint density at radius 3 is 0.776 bits per heavy atom. The molecule has 0 bridgehead atoms. The van der Waals surface area contributed by atoms with Gasteiger partial charge in [-0.05, 0) is 279 Å². The van der Waals surface area contributed by atoms with Crippen LogP contribution in [0.1, 0.15) is 66.8 Å². The van der Waals surface area contributed by atoms with Crippen molar-refractivity contribution in [1.29, 1.82) is 0 Å². The second-order valence-electron chi connectivity index (χ2n) is 31.9. The summed E-state index contributed by atoms with van der Waals surface area (Å²) in [4.78, 5) is 32.5. The molecule has 0 atom stereocenters. The lowest BCUT2D eigenvalue weighted by Crippen LogP contribution is -2.04. The van der Waals surface area contributed by atoms with Gasteiger partial charge in [-0.15, -0.1) is 0 Å². The van der Waals surface area contributed by atoms with Gasteiger partial charge in [0.25, 0.3) is 0 Å². The summed E-state index contributed by atoms with van der Waals surface area (Å²) in [7, 11) is 0. The first-order chi connectivity index (χ1) is 56.4. The molecule has 0 unspecified atom stereocenters. The second-order valence-corrected chi connectivity index (χ2v) is 31.9. The quantitative estimate of drug-likeness (QED) is 0.108. The first-order valence-corrected chi connectivity index (χ1v) is 40.0. The molecule has 0 spiro atoms. The Labute approximate surface area is 677 Å². The van der Waals surface area contributed by atoms with Crippen LogP contribution in [0.2, 0.25) is 0 Å². The first-order valence-electron chi connectivity index (χ1n) is 40.0. The Kier molecular flexibility index (Phi) is 18.1. The molecule has 0 aliphatic carbocycles. The van der Waals surface area contributed by atoms with Gasteiger partial charge >= 0.3 is 0 Å². The largest absolute Gasteiger partial charge is 0.309 e. The van der Waals surface area contributed by atoms with Crippen molar-refractivity contribution >= 4 is 43.6 Å². The number of aryl methyl sites for hydroxylation is 12. The van der Waals surface area contributed by atoms with E-state index in [2.05, 4.69) is 323 Å². The molecule has 4 aromatic heterocycles. The molecule has 15 aromatic carbocycles. The number of nitrogens with zero attached hydrogens (tertiary/aromatic N) is 8. The number of fused-ring (bicyclic) bond motifs is 6. The summed E-state index contributed by atoms with van der Waals surface area (Å²) in [5, 5.41) is 4.62. The van der Waals surface area contributed by atoms with Crippen LogP contribution in [0.15, 0.2) is 303 Å². The van der Waals surface area contributed by atoms with Crippen molar-refractivity contribution < 1.29 is 0 Å². The van der Waals surface area contributed by atoms with E-state index in [1.165, 1.54) is 111 Å². The van der Waals surface area contributed by atoms with Gasteiger partial charge in [-0.25, -0.2) is 29.9 Å². The molecule has 0 amide bonds. The van der Waals surface area contributed by atoms with Crippen LogP contribution in [-0.4, -0.2) is 39.0 Å². The van der Waals surface area contributed by atoms with Crippen LogP contribution < -0.4 is 0 Å². The van der Waals surface area contributed by atoms with Crippen molar-refractivity contribution in [2.75, 3.05) is 0 Å². The maximum Gasteiger partial charge on any atom is 0.166 e. The number of rotatable bonds is 14. The van der Waals surface area contributed by atoms with E-state index in [0.717, 1.165) is 111 Å². The summed E-state index contributed by atoms with van der Waals surface area (Å²) < 4.78 is 4.90. The van der Waals surface area contributed by atoms with Gasteiger partial charge in [0, 0.05) is 60.6 Å². The number of hydrogen-bond acceptors (Lipinski definition) is 6. The summed E-state index contributed by atoms with van der Waals surface area (Å²) in [5.74, 6) is 3.43. The second kappa shape index (κ2) is 29.1. The summed E-state index contributed by atoms with van der Waals surface area (Å²) in [6.45, 7) is 26.7. The van der Waals surface area contributed by atoms with Gasteiger partial charge in [-0.2, -0.15) is 0 Å².